The van der Waals surface area contributed by atoms with Gasteiger partial charge in [0, 0.05) is 7.97 Å². The number of hydrogen-bond donors (Lipinski definition) is 1. The summed E-state index contributed by atoms with van der Waals surface area (Å²) < 4.78 is 0. The highest BCUT2D eigenvalue weighted by Gasteiger charge is 1.94. The first-order chi connectivity index (χ1) is 4.26. The lowest BCUT2D eigenvalue weighted by Gasteiger charge is -1.98. The van der Waals surface area contributed by atoms with E-state index in [1.165, 1.54) is 0 Å². The predicted molar refractivity (Wildman–Crippen MR) is 40.2 cm³/mol. The first kappa shape index (κ1) is 8.37. The molecular weight excluding hydrogens is 114 g/mol. The predicted octanol–water partition coefficient (Wildman–Crippen LogP) is 1.12. The van der Waals surface area contributed by atoms with E-state index in [4.69, 9.17) is 5.73 Å². The van der Waals surface area contributed by atoms with E-state index in [-0.39, 0.29) is 1.43 Å². The number of hydrogen-bond acceptors (Lipinski definition) is 2. The lowest BCUT2D eigenvalue weighted by Crippen LogP contribution is -2.03. The van der Waals surface area contributed by atoms with E-state index < -0.39 is 0 Å². The van der Waals surface area contributed by atoms with Gasteiger partial charge < -0.3 is 5.73 Å². The fourth-order valence-electron chi connectivity index (χ4n) is 0.617. The van der Waals surface area contributed by atoms with Crippen molar-refractivity contribution in [1.29, 1.82) is 0 Å². The third-order valence-electron chi connectivity index (χ3n) is 1.38. The molecule has 0 aromatic rings. The largest absolute Gasteiger partial charge is 0.327 e. The van der Waals surface area contributed by atoms with Gasteiger partial charge in [0.05, 0.1) is 0 Å². The molecular formula is C7H15NO. The normalized spacial score (nSPS) is 12.8. The molecule has 0 aromatic carbocycles. The summed E-state index contributed by atoms with van der Waals surface area (Å²) in [7, 11) is 0. The molecule has 0 amide bonds. The molecule has 2 N–H and O–H groups in total. The molecule has 0 aliphatic rings. The van der Waals surface area contributed by atoms with Crippen LogP contribution in [-0.4, -0.2) is 12.8 Å². The molecule has 0 heterocycles. The zero-order chi connectivity index (χ0) is 7.28. The Morgan fingerprint density at radius 3 is 2.44 bits per heavy atom. The van der Waals surface area contributed by atoms with Gasteiger partial charge in [-0.1, -0.05) is 12.5 Å². The van der Waals surface area contributed by atoms with Crippen LogP contribution in [0.1, 0.15) is 21.7 Å². The lowest BCUT2D eigenvalue weighted by molar-refractivity contribution is -0.105. The van der Waals surface area contributed by atoms with Crippen molar-refractivity contribution in [3.63, 3.8) is 0 Å². The van der Waals surface area contributed by atoms with Crippen LogP contribution >= 0.6 is 0 Å². The van der Waals surface area contributed by atoms with Gasteiger partial charge in [0.2, 0.25) is 0 Å². The van der Waals surface area contributed by atoms with Crippen molar-refractivity contribution in [2.24, 2.45) is 5.73 Å². The molecule has 0 fully saturated rings. The Bertz CT molecular complexity index is 132. The zero-order valence-electron chi connectivity index (χ0n) is 5.98. The average Bonchev–Trinajstić information content (AvgIpc) is 1.90. The van der Waals surface area contributed by atoms with Crippen molar-refractivity contribution in [2.45, 2.75) is 20.3 Å². The lowest BCUT2D eigenvalue weighted by atomic mass is 10.1. The molecule has 54 valence electrons. The molecule has 0 saturated heterocycles. The molecule has 2 heteroatoms. The summed E-state index contributed by atoms with van der Waals surface area (Å²) >= 11 is 0. The van der Waals surface area contributed by atoms with Crippen LogP contribution < -0.4 is 5.73 Å². The van der Waals surface area contributed by atoms with Crippen LogP contribution in [0.25, 0.3) is 0 Å². The van der Waals surface area contributed by atoms with Crippen LogP contribution in [0.4, 0.5) is 0 Å². The number of aldehydes is 1. The molecule has 0 bridgehead atoms. The van der Waals surface area contributed by atoms with E-state index >= 15 is 0 Å². The number of carbonyl (C=O) groups excluding carboxylic acids is 1. The van der Waals surface area contributed by atoms with Crippen LogP contribution in [0.5, 0.6) is 0 Å². The third-order valence-corrected chi connectivity index (χ3v) is 1.38. The summed E-state index contributed by atoms with van der Waals surface area (Å²) in [6.45, 7) is 4.32. The highest BCUT2D eigenvalue weighted by Crippen LogP contribution is 2.02. The molecule has 0 aromatic heterocycles. The van der Waals surface area contributed by atoms with Gasteiger partial charge in [0.1, 0.15) is 6.29 Å². The van der Waals surface area contributed by atoms with E-state index in [1.54, 1.807) is 0 Å². The maximum Gasteiger partial charge on any atom is 0.146 e. The van der Waals surface area contributed by atoms with E-state index in [2.05, 4.69) is 0 Å². The van der Waals surface area contributed by atoms with Crippen molar-refractivity contribution in [1.82, 2.24) is 0 Å². The monoisotopic (exact) mass is 129 g/mol. The fourth-order valence-corrected chi connectivity index (χ4v) is 0.617. The number of allylic oxidation sites excluding steroid dienone is 1. The van der Waals surface area contributed by atoms with Gasteiger partial charge in [-0.2, -0.15) is 0 Å². The van der Waals surface area contributed by atoms with Crippen LogP contribution in [0.2, 0.25) is 0 Å². The Labute approximate surface area is 57.2 Å². The summed E-state index contributed by atoms with van der Waals surface area (Å²) in [5.74, 6) is 0. The molecule has 0 unspecified atom stereocenters. The van der Waals surface area contributed by atoms with Gasteiger partial charge in [-0.05, 0) is 18.9 Å². The SMILES string of the molecule is CC/C(C=O)=C(\C)CN.[HH]. The zero-order valence-corrected chi connectivity index (χ0v) is 5.98. The van der Waals surface area contributed by atoms with Crippen LogP contribution in [0, 0.1) is 0 Å². The van der Waals surface area contributed by atoms with Crippen molar-refractivity contribution in [3.05, 3.63) is 11.1 Å². The van der Waals surface area contributed by atoms with Crippen LogP contribution in [-0.2, 0) is 4.79 Å². The molecule has 0 atom stereocenters. The molecule has 2 nitrogen and oxygen atoms in total. The maximum atomic E-state index is 10.2. The van der Waals surface area contributed by atoms with E-state index in [9.17, 15) is 4.79 Å². The Kier molecular flexibility index (Phi) is 3.97. The Hall–Kier alpha value is -0.630. The minimum absolute atomic E-state index is 0. The Balaban J connectivity index is 0. The molecule has 0 aliphatic heterocycles. The third kappa shape index (κ3) is 2.42. The second-order valence-corrected chi connectivity index (χ2v) is 1.98. The molecule has 0 aliphatic carbocycles. The van der Waals surface area contributed by atoms with Crippen molar-refractivity contribution in [2.75, 3.05) is 6.54 Å². The van der Waals surface area contributed by atoms with Crippen molar-refractivity contribution < 1.29 is 6.22 Å². The smallest absolute Gasteiger partial charge is 0.146 e. The summed E-state index contributed by atoms with van der Waals surface area (Å²) in [4.78, 5) is 10.2. The first-order valence-corrected chi connectivity index (χ1v) is 3.10. The summed E-state index contributed by atoms with van der Waals surface area (Å²) in [6, 6.07) is 0. The van der Waals surface area contributed by atoms with E-state index in [1.807, 2.05) is 13.8 Å². The highest BCUT2D eigenvalue weighted by atomic mass is 16.1. The molecule has 0 rings (SSSR count). The number of carbonyl (C=O) groups is 1. The van der Waals surface area contributed by atoms with Crippen LogP contribution in [0.15, 0.2) is 11.1 Å². The number of nitrogens with two attached hydrogens (primary N) is 1. The summed E-state index contributed by atoms with van der Waals surface area (Å²) in [5.41, 5.74) is 7.13. The van der Waals surface area contributed by atoms with Gasteiger partial charge in [-0.25, -0.2) is 0 Å². The second kappa shape index (κ2) is 4.27. The minimum atomic E-state index is 0. The first-order valence-electron chi connectivity index (χ1n) is 3.10. The average molecular weight is 129 g/mol. The van der Waals surface area contributed by atoms with Crippen molar-refractivity contribution >= 4 is 6.29 Å². The quantitative estimate of drug-likeness (QED) is 0.458. The van der Waals surface area contributed by atoms with Gasteiger partial charge in [0.25, 0.3) is 0 Å². The standard InChI is InChI=1S/C7H13NO.H2/c1-3-7(5-9)6(2)4-8;/h5H,3-4,8H2,1-2H3;1H/b7-6-;. The molecule has 0 saturated carbocycles. The number of rotatable bonds is 3. The topological polar surface area (TPSA) is 43.1 Å². The summed E-state index contributed by atoms with van der Waals surface area (Å²) in [5, 5.41) is 0. The summed E-state index contributed by atoms with van der Waals surface area (Å²) in [6.07, 6.45) is 1.66. The van der Waals surface area contributed by atoms with E-state index in [0.717, 1.165) is 23.9 Å². The Morgan fingerprint density at radius 1 is 1.78 bits per heavy atom. The van der Waals surface area contributed by atoms with Gasteiger partial charge >= 0.3 is 0 Å². The van der Waals surface area contributed by atoms with Gasteiger partial charge in [-0.3, -0.25) is 4.79 Å². The van der Waals surface area contributed by atoms with Crippen molar-refractivity contribution in [3.8, 4) is 0 Å². The van der Waals surface area contributed by atoms with E-state index in [0.29, 0.717) is 6.54 Å². The van der Waals surface area contributed by atoms with Gasteiger partial charge in [0.15, 0.2) is 0 Å². The minimum Gasteiger partial charge on any atom is -0.327 e. The molecule has 0 spiro atoms. The molecule has 9 heavy (non-hydrogen) atoms. The fraction of sp³-hybridized carbons (Fsp3) is 0.571. The molecule has 0 radical (unpaired) electrons. The van der Waals surface area contributed by atoms with Crippen LogP contribution in [0.3, 0.4) is 0 Å². The second-order valence-electron chi connectivity index (χ2n) is 1.98. The Morgan fingerprint density at radius 2 is 2.33 bits per heavy atom. The highest BCUT2D eigenvalue weighted by molar-refractivity contribution is 5.74. The maximum absolute atomic E-state index is 10.2. The van der Waals surface area contributed by atoms with Gasteiger partial charge in [-0.15, -0.1) is 0 Å².